The number of amides is 1. The number of aromatic nitrogens is 1. The molecule has 0 saturated carbocycles. The molecule has 1 aromatic carbocycles. The standard InChI is InChI=1S/C15H19N3O2/c1-20-12-2-3-13-11(9-17-14(13)8-12)4-6-18-7-5-16-10-15(18)19/h2-3,8-9,16-17H,4-7,10H2,1H3. The lowest BCUT2D eigenvalue weighted by Crippen LogP contribution is -2.48. The highest BCUT2D eigenvalue weighted by Crippen LogP contribution is 2.23. The molecule has 106 valence electrons. The summed E-state index contributed by atoms with van der Waals surface area (Å²) in [6, 6.07) is 6.03. The number of fused-ring (bicyclic) bond motifs is 1. The number of carbonyl (C=O) groups excluding carboxylic acids is 1. The lowest BCUT2D eigenvalue weighted by Gasteiger charge is -2.27. The van der Waals surface area contributed by atoms with Crippen molar-refractivity contribution in [3.05, 3.63) is 30.0 Å². The molecule has 2 N–H and O–H groups in total. The van der Waals surface area contributed by atoms with Gasteiger partial charge < -0.3 is 19.9 Å². The highest BCUT2D eigenvalue weighted by Gasteiger charge is 2.17. The van der Waals surface area contributed by atoms with E-state index in [1.54, 1.807) is 7.11 Å². The largest absolute Gasteiger partial charge is 0.497 e. The van der Waals surface area contributed by atoms with E-state index in [2.05, 4.69) is 16.4 Å². The number of carbonyl (C=O) groups is 1. The van der Waals surface area contributed by atoms with Gasteiger partial charge in [-0.25, -0.2) is 0 Å². The van der Waals surface area contributed by atoms with Gasteiger partial charge in [0.1, 0.15) is 5.75 Å². The van der Waals surface area contributed by atoms with Gasteiger partial charge >= 0.3 is 0 Å². The zero-order chi connectivity index (χ0) is 13.9. The third-order valence-corrected chi connectivity index (χ3v) is 3.81. The highest BCUT2D eigenvalue weighted by molar-refractivity contribution is 5.84. The fourth-order valence-corrected chi connectivity index (χ4v) is 2.64. The highest BCUT2D eigenvalue weighted by atomic mass is 16.5. The second-order valence-electron chi connectivity index (χ2n) is 5.03. The molecule has 3 rings (SSSR count). The first-order valence-electron chi connectivity index (χ1n) is 6.90. The third-order valence-electron chi connectivity index (χ3n) is 3.81. The molecule has 2 heterocycles. The summed E-state index contributed by atoms with van der Waals surface area (Å²) in [4.78, 5) is 16.9. The van der Waals surface area contributed by atoms with E-state index in [1.165, 1.54) is 10.9 Å². The van der Waals surface area contributed by atoms with Crippen molar-refractivity contribution in [1.29, 1.82) is 0 Å². The molecule has 0 spiro atoms. The molecule has 0 bridgehead atoms. The first kappa shape index (κ1) is 13.0. The molecule has 1 aliphatic rings. The topological polar surface area (TPSA) is 57.4 Å². The van der Waals surface area contributed by atoms with Crippen LogP contribution in [0.4, 0.5) is 0 Å². The molecular formula is C15H19N3O2. The van der Waals surface area contributed by atoms with Crippen LogP contribution in [-0.2, 0) is 11.2 Å². The second-order valence-corrected chi connectivity index (χ2v) is 5.03. The van der Waals surface area contributed by atoms with Crippen LogP contribution in [0.2, 0.25) is 0 Å². The van der Waals surface area contributed by atoms with Gasteiger partial charge in [-0.1, -0.05) is 0 Å². The van der Waals surface area contributed by atoms with Crippen molar-refractivity contribution >= 4 is 16.8 Å². The van der Waals surface area contributed by atoms with Crippen LogP contribution < -0.4 is 10.1 Å². The Labute approximate surface area is 117 Å². The summed E-state index contributed by atoms with van der Waals surface area (Å²) >= 11 is 0. The summed E-state index contributed by atoms with van der Waals surface area (Å²) < 4.78 is 5.22. The number of benzene rings is 1. The summed E-state index contributed by atoms with van der Waals surface area (Å²) in [7, 11) is 1.67. The lowest BCUT2D eigenvalue weighted by atomic mass is 10.1. The van der Waals surface area contributed by atoms with Crippen molar-refractivity contribution in [3.63, 3.8) is 0 Å². The predicted molar refractivity (Wildman–Crippen MR) is 78.0 cm³/mol. The number of aromatic amines is 1. The molecule has 0 unspecified atom stereocenters. The summed E-state index contributed by atoms with van der Waals surface area (Å²) in [5.74, 6) is 1.04. The molecule has 1 aliphatic heterocycles. The van der Waals surface area contributed by atoms with Crippen molar-refractivity contribution in [2.24, 2.45) is 0 Å². The van der Waals surface area contributed by atoms with E-state index < -0.39 is 0 Å². The minimum atomic E-state index is 0.192. The number of nitrogens with one attached hydrogen (secondary N) is 2. The van der Waals surface area contributed by atoms with Crippen LogP contribution in [0.1, 0.15) is 5.56 Å². The van der Waals surface area contributed by atoms with Gasteiger partial charge in [-0.3, -0.25) is 4.79 Å². The fourth-order valence-electron chi connectivity index (χ4n) is 2.64. The van der Waals surface area contributed by atoms with E-state index in [-0.39, 0.29) is 5.91 Å². The number of methoxy groups -OCH3 is 1. The fraction of sp³-hybridized carbons (Fsp3) is 0.400. The quantitative estimate of drug-likeness (QED) is 0.878. The first-order chi connectivity index (χ1) is 9.78. The minimum Gasteiger partial charge on any atom is -0.497 e. The van der Waals surface area contributed by atoms with Crippen LogP contribution in [0.25, 0.3) is 10.9 Å². The van der Waals surface area contributed by atoms with Crippen LogP contribution in [0.3, 0.4) is 0 Å². The van der Waals surface area contributed by atoms with Crippen LogP contribution in [0.5, 0.6) is 5.75 Å². The zero-order valence-corrected chi connectivity index (χ0v) is 11.6. The third kappa shape index (κ3) is 2.49. The molecule has 1 fully saturated rings. The maximum Gasteiger partial charge on any atom is 0.236 e. The molecule has 1 amide bonds. The van der Waals surface area contributed by atoms with Crippen LogP contribution >= 0.6 is 0 Å². The Balaban J connectivity index is 1.72. The van der Waals surface area contributed by atoms with E-state index in [0.717, 1.165) is 37.3 Å². The van der Waals surface area contributed by atoms with Crippen LogP contribution in [0.15, 0.2) is 24.4 Å². The van der Waals surface area contributed by atoms with Gasteiger partial charge in [-0.15, -0.1) is 0 Å². The summed E-state index contributed by atoms with van der Waals surface area (Å²) in [5, 5.41) is 4.29. The van der Waals surface area contributed by atoms with Crippen molar-refractivity contribution in [2.75, 3.05) is 33.3 Å². The molecule has 2 aromatic rings. The number of nitrogens with zero attached hydrogens (tertiary/aromatic N) is 1. The van der Waals surface area contributed by atoms with Gasteiger partial charge in [0.2, 0.25) is 5.91 Å². The Kier molecular flexibility index (Phi) is 3.60. The molecule has 20 heavy (non-hydrogen) atoms. The van der Waals surface area contributed by atoms with E-state index in [1.807, 2.05) is 23.2 Å². The molecule has 0 aliphatic carbocycles. The monoisotopic (exact) mass is 273 g/mol. The van der Waals surface area contributed by atoms with Gasteiger partial charge in [-0.05, 0) is 24.1 Å². The van der Waals surface area contributed by atoms with Crippen molar-refractivity contribution in [3.8, 4) is 5.75 Å². The van der Waals surface area contributed by atoms with E-state index in [4.69, 9.17) is 4.74 Å². The molecule has 1 aromatic heterocycles. The molecule has 1 saturated heterocycles. The van der Waals surface area contributed by atoms with Gasteiger partial charge in [0, 0.05) is 42.8 Å². The summed E-state index contributed by atoms with van der Waals surface area (Å²) in [5.41, 5.74) is 2.32. The maximum absolute atomic E-state index is 11.7. The van der Waals surface area contributed by atoms with Gasteiger partial charge in [-0.2, -0.15) is 0 Å². The zero-order valence-electron chi connectivity index (χ0n) is 11.6. The van der Waals surface area contributed by atoms with E-state index in [0.29, 0.717) is 6.54 Å². The number of hydrogen-bond donors (Lipinski definition) is 2. The SMILES string of the molecule is COc1ccc2c(CCN3CCNCC3=O)c[nH]c2c1. The van der Waals surface area contributed by atoms with Gasteiger partial charge in [0.05, 0.1) is 13.7 Å². The van der Waals surface area contributed by atoms with Crippen LogP contribution in [-0.4, -0.2) is 49.1 Å². The number of rotatable bonds is 4. The number of piperazine rings is 1. The summed E-state index contributed by atoms with van der Waals surface area (Å²) in [6.07, 6.45) is 2.90. The Morgan fingerprint density at radius 1 is 1.40 bits per heavy atom. The lowest BCUT2D eigenvalue weighted by molar-refractivity contribution is -0.131. The van der Waals surface area contributed by atoms with Crippen molar-refractivity contribution in [2.45, 2.75) is 6.42 Å². The molecule has 0 atom stereocenters. The normalized spacial score (nSPS) is 15.8. The summed E-state index contributed by atoms with van der Waals surface area (Å²) in [6.45, 7) is 2.93. The number of ether oxygens (including phenoxy) is 1. The van der Waals surface area contributed by atoms with Crippen molar-refractivity contribution in [1.82, 2.24) is 15.2 Å². The Morgan fingerprint density at radius 2 is 2.30 bits per heavy atom. The molecule has 0 radical (unpaired) electrons. The Bertz CT molecular complexity index is 621. The molecular weight excluding hydrogens is 254 g/mol. The van der Waals surface area contributed by atoms with Crippen molar-refractivity contribution < 1.29 is 9.53 Å². The molecule has 5 nitrogen and oxygen atoms in total. The smallest absolute Gasteiger partial charge is 0.236 e. The number of H-pyrrole nitrogens is 1. The molecule has 5 heteroatoms. The predicted octanol–water partition coefficient (Wildman–Crippen LogP) is 1.15. The second kappa shape index (κ2) is 5.54. The minimum absolute atomic E-state index is 0.192. The first-order valence-corrected chi connectivity index (χ1v) is 6.90. The van der Waals surface area contributed by atoms with Gasteiger partial charge in [0.25, 0.3) is 0 Å². The Morgan fingerprint density at radius 3 is 3.10 bits per heavy atom. The average molecular weight is 273 g/mol. The van der Waals surface area contributed by atoms with Gasteiger partial charge in [0.15, 0.2) is 0 Å². The van der Waals surface area contributed by atoms with E-state index in [9.17, 15) is 4.79 Å². The maximum atomic E-state index is 11.7. The number of hydrogen-bond acceptors (Lipinski definition) is 3. The van der Waals surface area contributed by atoms with E-state index >= 15 is 0 Å². The Hall–Kier alpha value is -2.01. The average Bonchev–Trinajstić information content (AvgIpc) is 2.88. The van der Waals surface area contributed by atoms with Crippen LogP contribution in [0, 0.1) is 0 Å².